The maximum absolute atomic E-state index is 12.8. The van der Waals surface area contributed by atoms with E-state index >= 15 is 0 Å². The SMILES string of the molecule is Cc1noc(C)c1C(C)C(=O)N1CCC(NC(=O)c2ccccc2)CC1. The Bertz CT molecular complexity index is 757. The number of aromatic nitrogens is 1. The third kappa shape index (κ3) is 3.79. The molecule has 1 saturated heterocycles. The van der Waals surface area contributed by atoms with E-state index in [0.717, 1.165) is 24.1 Å². The summed E-state index contributed by atoms with van der Waals surface area (Å²) in [5.41, 5.74) is 2.32. The van der Waals surface area contributed by atoms with Crippen molar-refractivity contribution in [3.8, 4) is 0 Å². The van der Waals surface area contributed by atoms with Crippen LogP contribution in [0.1, 0.15) is 53.1 Å². The van der Waals surface area contributed by atoms with Gasteiger partial charge in [0.15, 0.2) is 0 Å². The Morgan fingerprint density at radius 3 is 2.42 bits per heavy atom. The van der Waals surface area contributed by atoms with Crippen molar-refractivity contribution in [1.29, 1.82) is 0 Å². The number of amides is 2. The van der Waals surface area contributed by atoms with Crippen molar-refractivity contribution in [2.75, 3.05) is 13.1 Å². The van der Waals surface area contributed by atoms with Gasteiger partial charge in [0.25, 0.3) is 5.91 Å². The summed E-state index contributed by atoms with van der Waals surface area (Å²) in [6.07, 6.45) is 1.53. The predicted octanol–water partition coefficient (Wildman–Crippen LogP) is 2.82. The van der Waals surface area contributed by atoms with Gasteiger partial charge in [-0.2, -0.15) is 0 Å². The number of nitrogens with zero attached hydrogens (tertiary/aromatic N) is 2. The van der Waals surface area contributed by atoms with Crippen molar-refractivity contribution in [3.05, 3.63) is 52.9 Å². The Hall–Kier alpha value is -2.63. The molecule has 26 heavy (non-hydrogen) atoms. The molecule has 0 radical (unpaired) electrons. The van der Waals surface area contributed by atoms with Gasteiger partial charge in [-0.3, -0.25) is 9.59 Å². The summed E-state index contributed by atoms with van der Waals surface area (Å²) >= 11 is 0. The number of carbonyl (C=O) groups is 2. The highest BCUT2D eigenvalue weighted by Gasteiger charge is 2.30. The van der Waals surface area contributed by atoms with Gasteiger partial charge in [-0.05, 0) is 45.7 Å². The first-order valence-electron chi connectivity index (χ1n) is 9.05. The first-order valence-corrected chi connectivity index (χ1v) is 9.05. The zero-order valence-electron chi connectivity index (χ0n) is 15.5. The van der Waals surface area contributed by atoms with Crippen LogP contribution in [0.2, 0.25) is 0 Å². The average molecular weight is 355 g/mol. The van der Waals surface area contributed by atoms with Gasteiger partial charge >= 0.3 is 0 Å². The van der Waals surface area contributed by atoms with Gasteiger partial charge in [0, 0.05) is 30.3 Å². The lowest BCUT2D eigenvalue weighted by molar-refractivity contribution is -0.133. The summed E-state index contributed by atoms with van der Waals surface area (Å²) in [6.45, 7) is 6.89. The van der Waals surface area contributed by atoms with E-state index in [1.54, 1.807) is 12.1 Å². The van der Waals surface area contributed by atoms with Gasteiger partial charge in [0.1, 0.15) is 5.76 Å². The molecule has 2 heterocycles. The summed E-state index contributed by atoms with van der Waals surface area (Å²) in [5.74, 6) is 0.469. The largest absolute Gasteiger partial charge is 0.361 e. The number of hydrogen-bond acceptors (Lipinski definition) is 4. The highest BCUT2D eigenvalue weighted by atomic mass is 16.5. The molecule has 1 aliphatic heterocycles. The van der Waals surface area contributed by atoms with Gasteiger partial charge in [0.05, 0.1) is 11.6 Å². The van der Waals surface area contributed by atoms with Crippen molar-refractivity contribution in [3.63, 3.8) is 0 Å². The van der Waals surface area contributed by atoms with Crippen LogP contribution < -0.4 is 5.32 Å². The van der Waals surface area contributed by atoms with Crippen molar-refractivity contribution < 1.29 is 14.1 Å². The molecule has 1 aromatic carbocycles. The zero-order chi connectivity index (χ0) is 18.7. The van der Waals surface area contributed by atoms with Crippen LogP contribution in [0.25, 0.3) is 0 Å². The summed E-state index contributed by atoms with van der Waals surface area (Å²) in [4.78, 5) is 27.0. The number of nitrogens with one attached hydrogen (secondary N) is 1. The van der Waals surface area contributed by atoms with Gasteiger partial charge in [-0.25, -0.2) is 0 Å². The fourth-order valence-electron chi connectivity index (χ4n) is 3.61. The minimum atomic E-state index is -0.267. The van der Waals surface area contributed by atoms with E-state index in [0.29, 0.717) is 24.4 Å². The van der Waals surface area contributed by atoms with Crippen LogP contribution in [0.3, 0.4) is 0 Å². The normalized spacial score (nSPS) is 16.3. The second-order valence-electron chi connectivity index (χ2n) is 6.90. The molecule has 1 atom stereocenters. The molecule has 6 heteroatoms. The molecule has 1 aromatic heterocycles. The zero-order valence-corrected chi connectivity index (χ0v) is 15.5. The molecule has 138 valence electrons. The fourth-order valence-corrected chi connectivity index (χ4v) is 3.61. The molecule has 2 amide bonds. The second-order valence-corrected chi connectivity index (χ2v) is 6.90. The van der Waals surface area contributed by atoms with Gasteiger partial charge in [-0.1, -0.05) is 23.4 Å². The number of hydrogen-bond donors (Lipinski definition) is 1. The van der Waals surface area contributed by atoms with Crippen LogP contribution >= 0.6 is 0 Å². The smallest absolute Gasteiger partial charge is 0.251 e. The van der Waals surface area contributed by atoms with E-state index in [-0.39, 0.29) is 23.8 Å². The maximum atomic E-state index is 12.8. The number of likely N-dealkylation sites (tertiary alicyclic amines) is 1. The first kappa shape index (κ1) is 18.2. The van der Waals surface area contributed by atoms with Gasteiger partial charge in [0.2, 0.25) is 5.91 Å². The van der Waals surface area contributed by atoms with E-state index in [9.17, 15) is 9.59 Å². The molecule has 1 fully saturated rings. The molecule has 0 saturated carbocycles. The maximum Gasteiger partial charge on any atom is 0.251 e. The third-order valence-corrected chi connectivity index (χ3v) is 5.07. The topological polar surface area (TPSA) is 75.4 Å². The van der Waals surface area contributed by atoms with E-state index in [1.165, 1.54) is 0 Å². The molecule has 1 N–H and O–H groups in total. The minimum absolute atomic E-state index is 0.0561. The van der Waals surface area contributed by atoms with Crippen molar-refractivity contribution in [1.82, 2.24) is 15.4 Å². The van der Waals surface area contributed by atoms with Crippen molar-refractivity contribution in [2.45, 2.75) is 45.6 Å². The Morgan fingerprint density at radius 2 is 1.85 bits per heavy atom. The fraction of sp³-hybridized carbons (Fsp3) is 0.450. The summed E-state index contributed by atoms with van der Waals surface area (Å²) < 4.78 is 5.19. The molecule has 1 unspecified atom stereocenters. The van der Waals surface area contributed by atoms with Crippen LogP contribution in [0.5, 0.6) is 0 Å². The Morgan fingerprint density at radius 1 is 1.19 bits per heavy atom. The Kier molecular flexibility index (Phi) is 5.40. The number of piperidine rings is 1. The van der Waals surface area contributed by atoms with Crippen LogP contribution in [0.15, 0.2) is 34.9 Å². The van der Waals surface area contributed by atoms with Crippen LogP contribution in [-0.4, -0.2) is 41.0 Å². The highest BCUT2D eigenvalue weighted by molar-refractivity contribution is 5.94. The molecule has 0 aliphatic carbocycles. The quantitative estimate of drug-likeness (QED) is 0.915. The van der Waals surface area contributed by atoms with E-state index < -0.39 is 0 Å². The minimum Gasteiger partial charge on any atom is -0.361 e. The standard InChI is InChI=1S/C20H25N3O3/c1-13(18-14(2)22-26-15(18)3)20(25)23-11-9-17(10-12-23)21-19(24)16-7-5-4-6-8-16/h4-8,13,17H,9-12H2,1-3H3,(H,21,24). The molecule has 3 rings (SSSR count). The Labute approximate surface area is 153 Å². The van der Waals surface area contributed by atoms with Gasteiger partial charge < -0.3 is 14.7 Å². The monoisotopic (exact) mass is 355 g/mol. The summed E-state index contributed by atoms with van der Waals surface area (Å²) in [5, 5.41) is 7.01. The summed E-state index contributed by atoms with van der Waals surface area (Å²) in [6, 6.07) is 9.30. The van der Waals surface area contributed by atoms with E-state index in [2.05, 4.69) is 10.5 Å². The number of benzene rings is 1. The Balaban J connectivity index is 1.55. The molecule has 0 bridgehead atoms. The first-order chi connectivity index (χ1) is 12.5. The third-order valence-electron chi connectivity index (χ3n) is 5.07. The van der Waals surface area contributed by atoms with E-state index in [1.807, 2.05) is 43.9 Å². The lowest BCUT2D eigenvalue weighted by Crippen LogP contribution is -2.47. The van der Waals surface area contributed by atoms with Crippen LogP contribution in [-0.2, 0) is 4.79 Å². The molecule has 1 aliphatic rings. The highest BCUT2D eigenvalue weighted by Crippen LogP contribution is 2.26. The molecule has 6 nitrogen and oxygen atoms in total. The number of aryl methyl sites for hydroxylation is 2. The average Bonchev–Trinajstić information content (AvgIpc) is 3.00. The van der Waals surface area contributed by atoms with Crippen LogP contribution in [0, 0.1) is 13.8 Å². The number of carbonyl (C=O) groups excluding carboxylic acids is 2. The summed E-state index contributed by atoms with van der Waals surface area (Å²) in [7, 11) is 0. The molecular weight excluding hydrogens is 330 g/mol. The predicted molar refractivity (Wildman–Crippen MR) is 97.9 cm³/mol. The van der Waals surface area contributed by atoms with E-state index in [4.69, 9.17) is 4.52 Å². The molecule has 0 spiro atoms. The number of rotatable bonds is 4. The molecule has 2 aromatic rings. The lowest BCUT2D eigenvalue weighted by atomic mass is 9.96. The lowest BCUT2D eigenvalue weighted by Gasteiger charge is -2.34. The second kappa shape index (κ2) is 7.72. The van der Waals surface area contributed by atoms with Crippen molar-refractivity contribution in [2.24, 2.45) is 0 Å². The van der Waals surface area contributed by atoms with Gasteiger partial charge in [-0.15, -0.1) is 0 Å². The van der Waals surface area contributed by atoms with Crippen LogP contribution in [0.4, 0.5) is 0 Å². The molecular formula is C20H25N3O3. The van der Waals surface area contributed by atoms with Crippen molar-refractivity contribution >= 4 is 11.8 Å².